The maximum atomic E-state index is 2.62. The second-order valence-corrected chi connectivity index (χ2v) is 5.34. The van der Waals surface area contributed by atoms with E-state index in [9.17, 15) is 0 Å². The van der Waals surface area contributed by atoms with Crippen LogP contribution in [-0.2, 0) is 0 Å². The summed E-state index contributed by atoms with van der Waals surface area (Å²) in [6.07, 6.45) is 4.20. The second kappa shape index (κ2) is 4.45. The van der Waals surface area contributed by atoms with Crippen LogP contribution in [0.1, 0.15) is 47.0 Å². The molecule has 0 bridgehead atoms. The van der Waals surface area contributed by atoms with E-state index in [1.165, 1.54) is 19.3 Å². The van der Waals surface area contributed by atoms with E-state index in [1.807, 2.05) is 0 Å². The van der Waals surface area contributed by atoms with Crippen LogP contribution in [0, 0.1) is 11.8 Å². The number of nitrogens with zero attached hydrogens (tertiary/aromatic N) is 1. The largest absolute Gasteiger partial charge is 0.300 e. The van der Waals surface area contributed by atoms with Crippen molar-refractivity contribution in [2.75, 3.05) is 7.05 Å². The van der Waals surface area contributed by atoms with Crippen molar-refractivity contribution in [3.05, 3.63) is 0 Å². The second-order valence-electron chi connectivity index (χ2n) is 5.34. The Hall–Kier alpha value is -0.0400. The van der Waals surface area contributed by atoms with E-state index in [0.717, 1.165) is 23.9 Å². The van der Waals surface area contributed by atoms with Crippen molar-refractivity contribution in [1.82, 2.24) is 4.90 Å². The molecule has 0 aromatic heterocycles. The van der Waals surface area contributed by atoms with E-state index in [1.54, 1.807) is 0 Å². The van der Waals surface area contributed by atoms with E-state index in [0.29, 0.717) is 0 Å². The smallest absolute Gasteiger partial charge is 0.0119 e. The zero-order valence-electron chi connectivity index (χ0n) is 9.88. The highest BCUT2D eigenvalue weighted by Gasteiger charge is 2.31. The van der Waals surface area contributed by atoms with E-state index in [2.05, 4.69) is 39.6 Å². The molecule has 2 unspecified atom stereocenters. The quantitative estimate of drug-likeness (QED) is 0.649. The van der Waals surface area contributed by atoms with Crippen molar-refractivity contribution in [3.63, 3.8) is 0 Å². The van der Waals surface area contributed by atoms with Crippen molar-refractivity contribution in [3.8, 4) is 0 Å². The molecule has 1 nitrogen and oxygen atoms in total. The molecule has 78 valence electrons. The maximum Gasteiger partial charge on any atom is 0.0119 e. The third-order valence-electron chi connectivity index (χ3n) is 3.41. The molecule has 2 atom stereocenters. The van der Waals surface area contributed by atoms with Gasteiger partial charge in [0, 0.05) is 12.1 Å². The third-order valence-corrected chi connectivity index (χ3v) is 3.41. The van der Waals surface area contributed by atoms with Crippen LogP contribution >= 0.6 is 0 Å². The normalized spacial score (nSPS) is 30.7. The lowest BCUT2D eigenvalue weighted by Gasteiger charge is -2.29. The molecule has 0 saturated carbocycles. The van der Waals surface area contributed by atoms with Gasteiger partial charge in [0.2, 0.25) is 0 Å². The predicted octanol–water partition coefficient (Wildman–Crippen LogP) is 3.15. The molecule has 1 saturated heterocycles. The van der Waals surface area contributed by atoms with Gasteiger partial charge in [-0.3, -0.25) is 0 Å². The van der Waals surface area contributed by atoms with Gasteiger partial charge in [-0.15, -0.1) is 0 Å². The Balaban J connectivity index is 2.45. The Kier molecular flexibility index (Phi) is 3.78. The predicted molar refractivity (Wildman–Crippen MR) is 58.9 cm³/mol. The summed E-state index contributed by atoms with van der Waals surface area (Å²) < 4.78 is 0. The summed E-state index contributed by atoms with van der Waals surface area (Å²) in [5.41, 5.74) is 0. The van der Waals surface area contributed by atoms with Crippen LogP contribution in [0.4, 0.5) is 0 Å². The average Bonchev–Trinajstić information content (AvgIpc) is 2.32. The van der Waals surface area contributed by atoms with Gasteiger partial charge >= 0.3 is 0 Å². The Morgan fingerprint density at radius 2 is 1.77 bits per heavy atom. The van der Waals surface area contributed by atoms with Crippen molar-refractivity contribution in [2.45, 2.75) is 59.0 Å². The Morgan fingerprint density at radius 3 is 2.15 bits per heavy atom. The lowest BCUT2D eigenvalue weighted by molar-refractivity contribution is 0.182. The molecule has 0 amide bonds. The fraction of sp³-hybridized carbons (Fsp3) is 1.00. The van der Waals surface area contributed by atoms with E-state index in [4.69, 9.17) is 0 Å². The molecule has 1 aliphatic heterocycles. The van der Waals surface area contributed by atoms with Crippen molar-refractivity contribution in [2.24, 2.45) is 11.8 Å². The molecule has 1 aliphatic rings. The molecule has 0 spiro atoms. The van der Waals surface area contributed by atoms with Gasteiger partial charge in [0.15, 0.2) is 0 Å². The first-order valence-corrected chi connectivity index (χ1v) is 5.74. The molecule has 1 rings (SSSR count). The van der Waals surface area contributed by atoms with Gasteiger partial charge < -0.3 is 4.90 Å². The number of hydrogen-bond donors (Lipinski definition) is 0. The summed E-state index contributed by atoms with van der Waals surface area (Å²) >= 11 is 0. The summed E-state index contributed by atoms with van der Waals surface area (Å²) in [7, 11) is 2.31. The van der Waals surface area contributed by atoms with Crippen LogP contribution in [0.25, 0.3) is 0 Å². The fourth-order valence-electron chi connectivity index (χ4n) is 2.67. The Bertz CT molecular complexity index is 151. The molecule has 1 heterocycles. The first-order chi connectivity index (χ1) is 6.02. The van der Waals surface area contributed by atoms with Crippen LogP contribution in [0.15, 0.2) is 0 Å². The highest BCUT2D eigenvalue weighted by molar-refractivity contribution is 4.87. The molecule has 0 aromatic rings. The van der Waals surface area contributed by atoms with Crippen LogP contribution in [0.2, 0.25) is 0 Å². The average molecular weight is 183 g/mol. The van der Waals surface area contributed by atoms with Gasteiger partial charge in [0.1, 0.15) is 0 Å². The van der Waals surface area contributed by atoms with E-state index in [-0.39, 0.29) is 0 Å². The van der Waals surface area contributed by atoms with Crippen LogP contribution < -0.4 is 0 Å². The highest BCUT2D eigenvalue weighted by Crippen LogP contribution is 2.30. The zero-order valence-corrected chi connectivity index (χ0v) is 9.88. The minimum absolute atomic E-state index is 0.821. The highest BCUT2D eigenvalue weighted by atomic mass is 15.2. The lowest BCUT2D eigenvalue weighted by atomic mass is 10.0. The minimum atomic E-state index is 0.821. The first kappa shape index (κ1) is 11.0. The molecular weight excluding hydrogens is 158 g/mol. The minimum Gasteiger partial charge on any atom is -0.300 e. The van der Waals surface area contributed by atoms with Gasteiger partial charge in [0.05, 0.1) is 0 Å². The van der Waals surface area contributed by atoms with Crippen LogP contribution in [-0.4, -0.2) is 24.0 Å². The summed E-state index contributed by atoms with van der Waals surface area (Å²) in [5.74, 6) is 1.67. The van der Waals surface area contributed by atoms with Crippen molar-refractivity contribution >= 4 is 0 Å². The lowest BCUT2D eigenvalue weighted by Crippen LogP contribution is -2.35. The first-order valence-electron chi connectivity index (χ1n) is 5.74. The van der Waals surface area contributed by atoms with Gasteiger partial charge in [-0.2, -0.15) is 0 Å². The molecule has 0 aliphatic carbocycles. The van der Waals surface area contributed by atoms with Crippen LogP contribution in [0.3, 0.4) is 0 Å². The van der Waals surface area contributed by atoms with Gasteiger partial charge in [-0.25, -0.2) is 0 Å². The standard InChI is InChI=1S/C12H25N/c1-9(2)8-11-6-7-12(10(3)4)13(11)5/h9-12H,6-8H2,1-5H3. The molecule has 0 radical (unpaired) electrons. The summed E-state index contributed by atoms with van der Waals surface area (Å²) in [6.45, 7) is 9.35. The van der Waals surface area contributed by atoms with E-state index >= 15 is 0 Å². The monoisotopic (exact) mass is 183 g/mol. The van der Waals surface area contributed by atoms with Crippen molar-refractivity contribution in [1.29, 1.82) is 0 Å². The maximum absolute atomic E-state index is 2.62. The Labute approximate surface area is 83.5 Å². The summed E-state index contributed by atoms with van der Waals surface area (Å²) in [6, 6.07) is 1.69. The molecule has 0 aromatic carbocycles. The SMILES string of the molecule is CC(C)CC1CCC(C(C)C)N1C. The molecule has 13 heavy (non-hydrogen) atoms. The molecule has 1 heteroatoms. The summed E-state index contributed by atoms with van der Waals surface area (Å²) in [5, 5.41) is 0. The van der Waals surface area contributed by atoms with Gasteiger partial charge in [-0.1, -0.05) is 27.7 Å². The number of hydrogen-bond acceptors (Lipinski definition) is 1. The van der Waals surface area contributed by atoms with Gasteiger partial charge in [0.25, 0.3) is 0 Å². The topological polar surface area (TPSA) is 3.24 Å². The van der Waals surface area contributed by atoms with Gasteiger partial charge in [-0.05, 0) is 38.1 Å². The molecule has 1 fully saturated rings. The van der Waals surface area contributed by atoms with Crippen molar-refractivity contribution < 1.29 is 0 Å². The number of likely N-dealkylation sites (tertiary alicyclic amines) is 1. The zero-order chi connectivity index (χ0) is 10.0. The Morgan fingerprint density at radius 1 is 1.15 bits per heavy atom. The van der Waals surface area contributed by atoms with E-state index < -0.39 is 0 Å². The number of rotatable bonds is 3. The van der Waals surface area contributed by atoms with Crippen LogP contribution in [0.5, 0.6) is 0 Å². The third kappa shape index (κ3) is 2.70. The molecule has 0 N–H and O–H groups in total. The summed E-state index contributed by atoms with van der Waals surface area (Å²) in [4.78, 5) is 2.62. The fourth-order valence-corrected chi connectivity index (χ4v) is 2.67. The molecular formula is C12H25N.